The minimum atomic E-state index is -0.488. The third kappa shape index (κ3) is 3.50. The Morgan fingerprint density at radius 2 is 2.11 bits per heavy atom. The van der Waals surface area contributed by atoms with Gasteiger partial charge in [0.05, 0.1) is 18.5 Å². The molecule has 0 radical (unpaired) electrons. The number of nitrogens with one attached hydrogen (secondary N) is 1. The molecule has 0 amide bonds. The van der Waals surface area contributed by atoms with Gasteiger partial charge in [-0.3, -0.25) is 9.20 Å². The number of hydrogen-bond acceptors (Lipinski definition) is 5. The van der Waals surface area contributed by atoms with Gasteiger partial charge in [0.15, 0.2) is 11.6 Å². The van der Waals surface area contributed by atoms with E-state index in [-0.39, 0.29) is 11.3 Å². The number of methoxy groups -OCH3 is 1. The van der Waals surface area contributed by atoms with Gasteiger partial charge in [-0.15, -0.1) is 0 Å². The van der Waals surface area contributed by atoms with Gasteiger partial charge in [0.2, 0.25) is 0 Å². The molecular weight excluding hydrogens is 347 g/mol. The molecule has 3 heterocycles. The van der Waals surface area contributed by atoms with Gasteiger partial charge < -0.3 is 15.0 Å². The number of likely N-dealkylation sites (N-methyl/N-ethyl adjacent to an activating group) is 1. The van der Waals surface area contributed by atoms with Crippen molar-refractivity contribution in [3.63, 3.8) is 0 Å². The average molecular weight is 368 g/mol. The topological polar surface area (TPSA) is 58.9 Å². The Morgan fingerprint density at radius 3 is 2.81 bits per heavy atom. The summed E-state index contributed by atoms with van der Waals surface area (Å²) in [6, 6.07) is 10.0. The van der Waals surface area contributed by atoms with Gasteiger partial charge in [-0.05, 0) is 50.3 Å². The summed E-state index contributed by atoms with van der Waals surface area (Å²) in [4.78, 5) is 19.4. The van der Waals surface area contributed by atoms with Crippen molar-refractivity contribution in [1.82, 2.24) is 14.3 Å². The highest BCUT2D eigenvalue weighted by Gasteiger charge is 2.19. The summed E-state index contributed by atoms with van der Waals surface area (Å²) in [5.41, 5.74) is 2.15. The van der Waals surface area contributed by atoms with Crippen LogP contribution in [0.5, 0.6) is 5.75 Å². The zero-order valence-corrected chi connectivity index (χ0v) is 15.3. The molecule has 1 aliphatic rings. The fourth-order valence-corrected chi connectivity index (χ4v) is 3.45. The zero-order chi connectivity index (χ0) is 19.0. The Labute approximate surface area is 156 Å². The number of benzene rings is 1. The van der Waals surface area contributed by atoms with Gasteiger partial charge in [-0.1, -0.05) is 0 Å². The normalized spacial score (nSPS) is 17.4. The maximum Gasteiger partial charge on any atom is 0.258 e. The molecule has 0 unspecified atom stereocenters. The highest BCUT2D eigenvalue weighted by Crippen LogP contribution is 2.24. The summed E-state index contributed by atoms with van der Waals surface area (Å²) in [7, 11) is 3.51. The van der Waals surface area contributed by atoms with E-state index in [0.29, 0.717) is 22.9 Å². The molecule has 1 N–H and O–H groups in total. The first-order valence-corrected chi connectivity index (χ1v) is 8.86. The largest absolute Gasteiger partial charge is 0.494 e. The summed E-state index contributed by atoms with van der Waals surface area (Å²) < 4.78 is 20.4. The SMILES string of the molecule is COc1ccc(-c2cc(=O)n3cc(N[C@@H]4CCN(C)C4)ccc3n2)cc1F. The van der Waals surface area contributed by atoms with Crippen LogP contribution in [0.25, 0.3) is 16.9 Å². The number of aromatic nitrogens is 2. The lowest BCUT2D eigenvalue weighted by molar-refractivity contribution is 0.386. The van der Waals surface area contributed by atoms with Gasteiger partial charge in [0, 0.05) is 30.4 Å². The number of anilines is 1. The average Bonchev–Trinajstić information content (AvgIpc) is 3.06. The maximum absolute atomic E-state index is 14.0. The fourth-order valence-electron chi connectivity index (χ4n) is 3.45. The van der Waals surface area contributed by atoms with Crippen LogP contribution in [0, 0.1) is 5.82 Å². The molecular formula is C20H21FN4O2. The Bertz CT molecular complexity index is 1050. The van der Waals surface area contributed by atoms with E-state index in [4.69, 9.17) is 4.74 Å². The van der Waals surface area contributed by atoms with Crippen LogP contribution < -0.4 is 15.6 Å². The minimum Gasteiger partial charge on any atom is -0.494 e. The molecule has 1 fully saturated rings. The monoisotopic (exact) mass is 368 g/mol. The third-order valence-electron chi connectivity index (χ3n) is 4.87. The Hall–Kier alpha value is -2.93. The smallest absolute Gasteiger partial charge is 0.258 e. The van der Waals surface area contributed by atoms with Crippen molar-refractivity contribution >= 4 is 11.3 Å². The third-order valence-corrected chi connectivity index (χ3v) is 4.87. The highest BCUT2D eigenvalue weighted by molar-refractivity contribution is 5.63. The predicted octanol–water partition coefficient (Wildman–Crippen LogP) is 2.63. The first kappa shape index (κ1) is 17.5. The van der Waals surface area contributed by atoms with E-state index in [1.807, 2.05) is 6.07 Å². The van der Waals surface area contributed by atoms with Gasteiger partial charge in [-0.25, -0.2) is 9.37 Å². The maximum atomic E-state index is 14.0. The molecule has 1 saturated heterocycles. The second-order valence-corrected chi connectivity index (χ2v) is 6.87. The van der Waals surface area contributed by atoms with E-state index in [1.54, 1.807) is 18.3 Å². The summed E-state index contributed by atoms with van der Waals surface area (Å²) in [6.45, 7) is 2.04. The Morgan fingerprint density at radius 1 is 1.26 bits per heavy atom. The van der Waals surface area contributed by atoms with E-state index >= 15 is 0 Å². The number of nitrogens with zero attached hydrogens (tertiary/aromatic N) is 3. The molecule has 7 heteroatoms. The number of halogens is 1. The molecule has 1 atom stereocenters. The molecule has 6 nitrogen and oxygen atoms in total. The number of ether oxygens (including phenoxy) is 1. The van der Waals surface area contributed by atoms with Crippen molar-refractivity contribution in [2.75, 3.05) is 32.6 Å². The predicted molar refractivity (Wildman–Crippen MR) is 103 cm³/mol. The molecule has 140 valence electrons. The van der Waals surface area contributed by atoms with Crippen molar-refractivity contribution in [1.29, 1.82) is 0 Å². The van der Waals surface area contributed by atoms with Crippen LogP contribution in [-0.2, 0) is 0 Å². The summed E-state index contributed by atoms with van der Waals surface area (Å²) in [5, 5.41) is 3.46. The number of likely N-dealkylation sites (tertiary alicyclic amines) is 1. The van der Waals surface area contributed by atoms with Crippen molar-refractivity contribution in [3.05, 3.63) is 58.8 Å². The first-order valence-electron chi connectivity index (χ1n) is 8.86. The van der Waals surface area contributed by atoms with Crippen LogP contribution in [0.15, 0.2) is 47.4 Å². The summed E-state index contributed by atoms with van der Waals surface area (Å²) in [6.07, 6.45) is 2.84. The second-order valence-electron chi connectivity index (χ2n) is 6.87. The molecule has 2 aromatic heterocycles. The van der Waals surface area contributed by atoms with Crippen LogP contribution in [-0.4, -0.2) is 47.6 Å². The van der Waals surface area contributed by atoms with Gasteiger partial charge in [-0.2, -0.15) is 0 Å². The molecule has 3 aromatic rings. The van der Waals surface area contributed by atoms with Gasteiger partial charge in [0.1, 0.15) is 5.65 Å². The number of pyridine rings is 1. The minimum absolute atomic E-state index is 0.157. The lowest BCUT2D eigenvalue weighted by atomic mass is 10.1. The van der Waals surface area contributed by atoms with Crippen LogP contribution in [0.1, 0.15) is 6.42 Å². The standard InChI is InChI=1S/C20H21FN4O2/c1-24-8-7-15(11-24)22-14-4-6-19-23-17(10-20(26)25(19)12-14)13-3-5-18(27-2)16(21)9-13/h3-6,9-10,12,15,22H,7-8,11H2,1-2H3/t15-/m1/s1. The molecule has 0 saturated carbocycles. The summed E-state index contributed by atoms with van der Waals surface area (Å²) in [5.74, 6) is -0.331. The van der Waals surface area contributed by atoms with E-state index in [1.165, 1.54) is 29.7 Å². The van der Waals surface area contributed by atoms with E-state index in [9.17, 15) is 9.18 Å². The quantitative estimate of drug-likeness (QED) is 0.767. The molecule has 0 bridgehead atoms. The molecule has 1 aliphatic heterocycles. The van der Waals surface area contributed by atoms with Crippen LogP contribution in [0.2, 0.25) is 0 Å². The second kappa shape index (κ2) is 7.00. The van der Waals surface area contributed by atoms with Gasteiger partial charge in [0.25, 0.3) is 5.56 Å². The highest BCUT2D eigenvalue weighted by atomic mass is 19.1. The van der Waals surface area contributed by atoms with Gasteiger partial charge >= 0.3 is 0 Å². The lowest BCUT2D eigenvalue weighted by Crippen LogP contribution is -2.24. The molecule has 4 rings (SSSR count). The van der Waals surface area contributed by atoms with Crippen LogP contribution >= 0.6 is 0 Å². The Balaban J connectivity index is 1.67. The number of fused-ring (bicyclic) bond motifs is 1. The molecule has 0 aliphatic carbocycles. The number of hydrogen-bond donors (Lipinski definition) is 1. The fraction of sp³-hybridized carbons (Fsp3) is 0.300. The van der Waals surface area contributed by atoms with Crippen molar-refractivity contribution < 1.29 is 9.13 Å². The molecule has 1 aromatic carbocycles. The van der Waals surface area contributed by atoms with E-state index < -0.39 is 5.82 Å². The first-order chi connectivity index (χ1) is 13.0. The van der Waals surface area contributed by atoms with E-state index in [2.05, 4.69) is 22.2 Å². The van der Waals surface area contributed by atoms with Crippen molar-refractivity contribution in [3.8, 4) is 17.0 Å². The summed E-state index contributed by atoms with van der Waals surface area (Å²) >= 11 is 0. The molecule has 0 spiro atoms. The van der Waals surface area contributed by atoms with Crippen molar-refractivity contribution in [2.24, 2.45) is 0 Å². The number of rotatable bonds is 4. The Kier molecular flexibility index (Phi) is 4.53. The lowest BCUT2D eigenvalue weighted by Gasteiger charge is -2.15. The van der Waals surface area contributed by atoms with E-state index in [0.717, 1.165) is 25.2 Å². The van der Waals surface area contributed by atoms with Crippen molar-refractivity contribution in [2.45, 2.75) is 12.5 Å². The zero-order valence-electron chi connectivity index (χ0n) is 15.3. The van der Waals surface area contributed by atoms with Crippen LogP contribution in [0.4, 0.5) is 10.1 Å². The van der Waals surface area contributed by atoms with Crippen LogP contribution in [0.3, 0.4) is 0 Å². The molecule has 27 heavy (non-hydrogen) atoms.